The van der Waals surface area contributed by atoms with Crippen LogP contribution in [0.25, 0.3) is 72.7 Å². The van der Waals surface area contributed by atoms with Crippen molar-refractivity contribution in [2.45, 2.75) is 131 Å². The third kappa shape index (κ3) is 10.0. The topological polar surface area (TPSA) is 50.9 Å². The van der Waals surface area contributed by atoms with Gasteiger partial charge >= 0.3 is 0 Å². The van der Waals surface area contributed by atoms with Gasteiger partial charge in [-0.3, -0.25) is 9.55 Å². The molecule has 0 aliphatic carbocycles. The van der Waals surface area contributed by atoms with Gasteiger partial charge in [-0.15, -0.1) is 29.8 Å². The summed E-state index contributed by atoms with van der Waals surface area (Å²) in [6.07, 6.45) is 1.83. The third-order valence-electron chi connectivity index (χ3n) is 13.0. The molecular formula is C62H68N3OPt-. The van der Waals surface area contributed by atoms with E-state index in [1.54, 1.807) is 0 Å². The van der Waals surface area contributed by atoms with Crippen molar-refractivity contribution in [1.29, 1.82) is 0 Å². The smallest absolute Gasteiger partial charge is 0.148 e. The van der Waals surface area contributed by atoms with Gasteiger partial charge in [0.2, 0.25) is 0 Å². The van der Waals surface area contributed by atoms with Crippen LogP contribution in [0.4, 0.5) is 0 Å². The van der Waals surface area contributed by atoms with E-state index in [2.05, 4.69) is 224 Å². The number of rotatable bonds is 6. The van der Waals surface area contributed by atoms with Crippen LogP contribution in [0, 0.1) is 6.07 Å². The first-order valence-electron chi connectivity index (χ1n) is 23.5. The fraction of sp³-hybridized carbons (Fsp3) is 0.323. The average molecular weight is 1070 g/mol. The van der Waals surface area contributed by atoms with Gasteiger partial charge in [-0.2, -0.15) is 0 Å². The maximum atomic E-state index is 12.7. The van der Waals surface area contributed by atoms with E-state index in [0.29, 0.717) is 11.4 Å². The Morgan fingerprint density at radius 2 is 1.04 bits per heavy atom. The Morgan fingerprint density at radius 3 is 1.63 bits per heavy atom. The number of fused-ring (bicyclic) bond motifs is 1. The predicted molar refractivity (Wildman–Crippen MR) is 280 cm³/mol. The Labute approximate surface area is 415 Å². The molecule has 0 radical (unpaired) electrons. The van der Waals surface area contributed by atoms with E-state index in [9.17, 15) is 5.11 Å². The van der Waals surface area contributed by atoms with Crippen molar-refractivity contribution in [3.05, 3.63) is 167 Å². The van der Waals surface area contributed by atoms with E-state index in [1.807, 2.05) is 24.4 Å². The van der Waals surface area contributed by atoms with Gasteiger partial charge < -0.3 is 5.11 Å². The SMILES string of the molecule is CC(C)(C)c1cc(-n2c(-c3cc(C(C)(C)C)cc(C(C)(C)C)c3O)nc3c(-c4[c-]c(-c5ccccn5)ccc4)cc(-c4ccc(C(C)(C)C)cc4-c4ccccc4)cc32)cc(C(C)(C)C)c1.[Pt]. The molecule has 8 aromatic rings. The standard InChI is InChI=1S/C62H68N3O.Pt/c1-58(2,3)43-27-28-48(49(36-43)39-22-17-16-18-23-39)42-31-50(40-24-21-25-41(30-40)53-26-19-20-29-63-53)55-54(32-42)65(47-34-44(59(4,5)6)33-45(35-47)60(7,8)9)57(64-55)51-37-46(61(10,11)12)38-52(56(51)66)62(13,14)15;/h16-29,31-38,66H,1-15H3;/q-1;. The van der Waals surface area contributed by atoms with E-state index < -0.39 is 0 Å². The second-order valence-corrected chi connectivity index (χ2v) is 23.4. The van der Waals surface area contributed by atoms with Crippen molar-refractivity contribution in [2.24, 2.45) is 0 Å². The van der Waals surface area contributed by atoms with Gasteiger partial charge in [0, 0.05) is 44.2 Å². The third-order valence-corrected chi connectivity index (χ3v) is 13.0. The molecule has 2 heterocycles. The van der Waals surface area contributed by atoms with Gasteiger partial charge in [0.05, 0.1) is 16.6 Å². The maximum Gasteiger partial charge on any atom is 0.148 e. The molecule has 0 aliphatic heterocycles. The molecule has 1 N–H and O–H groups in total. The molecule has 8 rings (SSSR count). The first-order chi connectivity index (χ1) is 30.8. The van der Waals surface area contributed by atoms with E-state index in [0.717, 1.165) is 66.9 Å². The molecule has 0 aliphatic rings. The second kappa shape index (κ2) is 17.8. The number of phenolic OH excluding ortho intramolecular Hbond substituents is 1. The largest absolute Gasteiger partial charge is 0.507 e. The van der Waals surface area contributed by atoms with E-state index in [1.165, 1.54) is 22.3 Å². The van der Waals surface area contributed by atoms with Crippen LogP contribution in [0.1, 0.15) is 132 Å². The normalized spacial score (nSPS) is 12.6. The average Bonchev–Trinajstić information content (AvgIpc) is 3.64. The van der Waals surface area contributed by atoms with E-state index >= 15 is 0 Å². The quantitative estimate of drug-likeness (QED) is 0.169. The van der Waals surface area contributed by atoms with Crippen molar-refractivity contribution in [3.63, 3.8) is 0 Å². The summed E-state index contributed by atoms with van der Waals surface area (Å²) < 4.78 is 2.33. The fourth-order valence-electron chi connectivity index (χ4n) is 8.81. The molecular weight excluding hydrogens is 998 g/mol. The minimum atomic E-state index is -0.339. The Bertz CT molecular complexity index is 3060. The summed E-state index contributed by atoms with van der Waals surface area (Å²) in [6, 6.07) is 49.8. The first kappa shape index (κ1) is 49.3. The van der Waals surface area contributed by atoms with Crippen molar-refractivity contribution >= 4 is 11.0 Å². The number of aromatic nitrogens is 3. The van der Waals surface area contributed by atoms with Gasteiger partial charge in [-0.05, 0) is 102 Å². The van der Waals surface area contributed by atoms with E-state index in [-0.39, 0.29) is 53.9 Å². The summed E-state index contributed by atoms with van der Waals surface area (Å²) in [6.45, 7) is 33.8. The van der Waals surface area contributed by atoms with Gasteiger partial charge in [-0.1, -0.05) is 194 Å². The molecule has 2 aromatic heterocycles. The molecule has 4 nitrogen and oxygen atoms in total. The number of phenols is 1. The minimum Gasteiger partial charge on any atom is -0.507 e. The summed E-state index contributed by atoms with van der Waals surface area (Å²) in [5.74, 6) is 0.945. The predicted octanol–water partition coefficient (Wildman–Crippen LogP) is 16.7. The molecule has 0 atom stereocenters. The first-order valence-corrected chi connectivity index (χ1v) is 23.5. The monoisotopic (exact) mass is 1070 g/mol. The molecule has 0 saturated heterocycles. The summed E-state index contributed by atoms with van der Waals surface area (Å²) in [4.78, 5) is 10.5. The van der Waals surface area contributed by atoms with Crippen molar-refractivity contribution in [3.8, 4) is 67.5 Å². The van der Waals surface area contributed by atoms with Crippen LogP contribution in [0.5, 0.6) is 5.75 Å². The number of pyridine rings is 1. The molecule has 0 spiro atoms. The molecule has 0 bridgehead atoms. The number of nitrogens with zero attached hydrogens (tertiary/aromatic N) is 3. The summed E-state index contributed by atoms with van der Waals surface area (Å²) in [5, 5.41) is 12.7. The summed E-state index contributed by atoms with van der Waals surface area (Å²) in [5.41, 5.74) is 16.5. The summed E-state index contributed by atoms with van der Waals surface area (Å²) >= 11 is 0. The Morgan fingerprint density at radius 1 is 0.463 bits per heavy atom. The Kier molecular flexibility index (Phi) is 13.1. The van der Waals surface area contributed by atoms with Crippen molar-refractivity contribution < 1.29 is 26.2 Å². The van der Waals surface area contributed by atoms with Crippen LogP contribution in [0.15, 0.2) is 134 Å². The number of aromatic hydroxyl groups is 1. The zero-order valence-corrected chi connectivity index (χ0v) is 44.6. The zero-order valence-electron chi connectivity index (χ0n) is 42.3. The van der Waals surface area contributed by atoms with Gasteiger partial charge in [-0.25, -0.2) is 4.98 Å². The maximum absolute atomic E-state index is 12.7. The summed E-state index contributed by atoms with van der Waals surface area (Å²) in [7, 11) is 0. The Hall–Kier alpha value is -5.57. The minimum absolute atomic E-state index is 0. The van der Waals surface area contributed by atoms with Crippen LogP contribution in [0.3, 0.4) is 0 Å². The van der Waals surface area contributed by atoms with E-state index in [4.69, 9.17) is 9.97 Å². The molecule has 6 aromatic carbocycles. The molecule has 0 saturated carbocycles. The van der Waals surface area contributed by atoms with Crippen molar-refractivity contribution in [1.82, 2.24) is 14.5 Å². The van der Waals surface area contributed by atoms with Crippen LogP contribution < -0.4 is 0 Å². The van der Waals surface area contributed by atoms with Gasteiger partial charge in [0.15, 0.2) is 0 Å². The molecule has 67 heavy (non-hydrogen) atoms. The number of benzene rings is 6. The number of imidazole rings is 1. The zero-order chi connectivity index (χ0) is 47.7. The van der Waals surface area contributed by atoms with Gasteiger partial charge in [0.1, 0.15) is 11.6 Å². The molecule has 348 valence electrons. The van der Waals surface area contributed by atoms with Gasteiger partial charge in [0.25, 0.3) is 0 Å². The Balaban J connectivity index is 0.00000666. The number of hydrogen-bond donors (Lipinski definition) is 1. The van der Waals surface area contributed by atoms with Crippen LogP contribution in [-0.2, 0) is 48.1 Å². The number of hydrogen-bond acceptors (Lipinski definition) is 3. The molecule has 0 unspecified atom stereocenters. The molecule has 5 heteroatoms. The van der Waals surface area contributed by atoms with Crippen LogP contribution >= 0.6 is 0 Å². The van der Waals surface area contributed by atoms with Crippen LogP contribution in [0.2, 0.25) is 0 Å². The molecule has 0 fully saturated rings. The molecule has 0 amide bonds. The van der Waals surface area contributed by atoms with Crippen molar-refractivity contribution in [2.75, 3.05) is 0 Å². The fourth-order valence-corrected chi connectivity index (χ4v) is 8.81. The van der Waals surface area contributed by atoms with Crippen LogP contribution in [-0.4, -0.2) is 19.6 Å². The second-order valence-electron chi connectivity index (χ2n) is 23.4.